The summed E-state index contributed by atoms with van der Waals surface area (Å²) in [5.41, 5.74) is 1.14. The number of para-hydroxylation sites is 1. The van der Waals surface area contributed by atoms with Gasteiger partial charge in [-0.05, 0) is 23.6 Å². The van der Waals surface area contributed by atoms with Gasteiger partial charge < -0.3 is 4.90 Å². The van der Waals surface area contributed by atoms with Crippen LogP contribution in [0.1, 0.15) is 0 Å². The summed E-state index contributed by atoms with van der Waals surface area (Å²) in [6.45, 7) is 2.83. The highest BCUT2D eigenvalue weighted by Gasteiger charge is 2.48. The van der Waals surface area contributed by atoms with Crippen LogP contribution in [0.15, 0.2) is 52.1 Å². The normalized spacial score (nSPS) is 26.3. The average Bonchev–Trinajstić information content (AvgIpc) is 3.31. The van der Waals surface area contributed by atoms with Crippen LogP contribution in [0.25, 0.3) is 0 Å². The van der Waals surface area contributed by atoms with E-state index in [1.54, 1.807) is 17.5 Å². The summed E-state index contributed by atoms with van der Waals surface area (Å²) < 4.78 is 50.9. The largest absolute Gasteiger partial charge is 0.369 e. The van der Waals surface area contributed by atoms with Crippen molar-refractivity contribution in [3.05, 3.63) is 47.8 Å². The highest BCUT2D eigenvalue weighted by atomic mass is 32.2. The van der Waals surface area contributed by atoms with E-state index in [4.69, 9.17) is 0 Å². The highest BCUT2D eigenvalue weighted by molar-refractivity contribution is 7.97. The van der Waals surface area contributed by atoms with Gasteiger partial charge in [0.25, 0.3) is 0 Å². The van der Waals surface area contributed by atoms with Crippen molar-refractivity contribution < 1.29 is 16.8 Å². The fourth-order valence-electron chi connectivity index (χ4n) is 3.96. The maximum Gasteiger partial charge on any atom is 0.193 e. The number of thiophene rings is 1. The molecule has 27 heavy (non-hydrogen) atoms. The number of hydrogen-bond donors (Lipinski definition) is 0. The third-order valence-electron chi connectivity index (χ3n) is 5.35. The Balaban J connectivity index is 1.54. The Bertz CT molecular complexity index is 980. The van der Waals surface area contributed by atoms with Crippen molar-refractivity contribution in [3.63, 3.8) is 0 Å². The molecular weight excluding hydrogens is 404 g/mol. The van der Waals surface area contributed by atoms with Crippen LogP contribution in [0.4, 0.5) is 5.69 Å². The molecule has 0 aliphatic carbocycles. The van der Waals surface area contributed by atoms with Gasteiger partial charge in [0, 0.05) is 37.9 Å². The second-order valence-electron chi connectivity index (χ2n) is 7.02. The monoisotopic (exact) mass is 426 g/mol. The number of sulfone groups is 2. The SMILES string of the molecule is O=S1(=O)C[C@H](N2CCN(c3ccccc3)CC2)[C@@H](S(=O)(=O)c2cccs2)C1. The second-order valence-corrected chi connectivity index (χ2v) is 12.5. The first-order valence-electron chi connectivity index (χ1n) is 8.89. The van der Waals surface area contributed by atoms with E-state index in [1.807, 2.05) is 18.2 Å². The maximum atomic E-state index is 13.0. The molecule has 2 aliphatic heterocycles. The molecule has 0 bridgehead atoms. The number of piperazine rings is 1. The van der Waals surface area contributed by atoms with Gasteiger partial charge in [0.2, 0.25) is 0 Å². The van der Waals surface area contributed by atoms with Crippen molar-refractivity contribution >= 4 is 36.7 Å². The Hall–Kier alpha value is -1.42. The molecule has 0 spiro atoms. The molecule has 2 aromatic rings. The standard InChI is InChI=1S/C18H22N2O4S3/c21-26(22)13-16(17(14-26)27(23,24)18-7-4-12-25-18)20-10-8-19(9-11-20)15-5-2-1-3-6-15/h1-7,12,16-17H,8-11,13-14H2/t16-,17-/m0/s1. The summed E-state index contributed by atoms with van der Waals surface area (Å²) >= 11 is 1.15. The summed E-state index contributed by atoms with van der Waals surface area (Å²) in [4.78, 5) is 4.31. The Morgan fingerprint density at radius 2 is 1.63 bits per heavy atom. The van der Waals surface area contributed by atoms with E-state index < -0.39 is 31.0 Å². The van der Waals surface area contributed by atoms with Gasteiger partial charge in [-0.25, -0.2) is 16.8 Å². The number of benzene rings is 1. The lowest BCUT2D eigenvalue weighted by atomic mass is 10.1. The molecule has 2 fully saturated rings. The van der Waals surface area contributed by atoms with Crippen molar-refractivity contribution in [2.45, 2.75) is 15.5 Å². The second kappa shape index (κ2) is 7.20. The maximum absolute atomic E-state index is 13.0. The Kier molecular flexibility index (Phi) is 5.04. The molecule has 146 valence electrons. The van der Waals surface area contributed by atoms with Crippen molar-refractivity contribution in [3.8, 4) is 0 Å². The molecule has 2 atom stereocenters. The summed E-state index contributed by atoms with van der Waals surface area (Å²) in [6, 6.07) is 12.9. The van der Waals surface area contributed by atoms with E-state index in [1.165, 1.54) is 0 Å². The molecule has 1 aromatic heterocycles. The number of rotatable bonds is 4. The fraction of sp³-hybridized carbons (Fsp3) is 0.444. The van der Waals surface area contributed by atoms with Crippen molar-refractivity contribution in [2.24, 2.45) is 0 Å². The quantitative estimate of drug-likeness (QED) is 0.738. The van der Waals surface area contributed by atoms with Crippen LogP contribution in [0.2, 0.25) is 0 Å². The van der Waals surface area contributed by atoms with Crippen LogP contribution in [0.3, 0.4) is 0 Å². The topological polar surface area (TPSA) is 74.8 Å². The minimum absolute atomic E-state index is 0.0758. The van der Waals surface area contributed by atoms with Crippen LogP contribution >= 0.6 is 11.3 Å². The van der Waals surface area contributed by atoms with Crippen LogP contribution in [-0.4, -0.2) is 70.7 Å². The predicted octanol–water partition coefficient (Wildman–Crippen LogP) is 1.51. The molecule has 2 saturated heterocycles. The van der Waals surface area contributed by atoms with Gasteiger partial charge in [-0.3, -0.25) is 4.90 Å². The Labute approximate surface area is 164 Å². The molecule has 0 radical (unpaired) electrons. The lowest BCUT2D eigenvalue weighted by Crippen LogP contribution is -2.54. The molecule has 1 aromatic carbocycles. The van der Waals surface area contributed by atoms with Gasteiger partial charge in [0.05, 0.1) is 16.8 Å². The van der Waals surface area contributed by atoms with E-state index in [0.717, 1.165) is 30.1 Å². The van der Waals surface area contributed by atoms with Crippen LogP contribution < -0.4 is 4.90 Å². The minimum atomic E-state index is -3.65. The van der Waals surface area contributed by atoms with E-state index in [0.29, 0.717) is 13.1 Å². The van der Waals surface area contributed by atoms with Crippen LogP contribution in [0, 0.1) is 0 Å². The lowest BCUT2D eigenvalue weighted by Gasteiger charge is -2.40. The molecule has 2 aliphatic rings. The van der Waals surface area contributed by atoms with Crippen LogP contribution in [0.5, 0.6) is 0 Å². The zero-order valence-corrected chi connectivity index (χ0v) is 17.2. The number of hydrogen-bond acceptors (Lipinski definition) is 7. The third kappa shape index (κ3) is 3.78. The number of nitrogens with zero attached hydrogens (tertiary/aromatic N) is 2. The fourth-order valence-corrected chi connectivity index (χ4v) is 10.0. The summed E-state index contributed by atoms with van der Waals surface area (Å²) in [5, 5.41) is 0.827. The molecule has 3 heterocycles. The third-order valence-corrected chi connectivity index (χ3v) is 10.9. The van der Waals surface area contributed by atoms with Gasteiger partial charge in [-0.15, -0.1) is 11.3 Å². The average molecular weight is 427 g/mol. The van der Waals surface area contributed by atoms with E-state index in [9.17, 15) is 16.8 Å². The summed E-state index contributed by atoms with van der Waals surface area (Å²) in [6.07, 6.45) is 0. The van der Waals surface area contributed by atoms with Gasteiger partial charge in [0.15, 0.2) is 19.7 Å². The lowest BCUT2D eigenvalue weighted by molar-refractivity contribution is 0.202. The van der Waals surface area contributed by atoms with Crippen LogP contribution in [-0.2, 0) is 19.7 Å². The van der Waals surface area contributed by atoms with Gasteiger partial charge in [-0.1, -0.05) is 24.3 Å². The van der Waals surface area contributed by atoms with Gasteiger partial charge >= 0.3 is 0 Å². The molecule has 0 saturated carbocycles. The molecular formula is C18H22N2O4S3. The zero-order valence-electron chi connectivity index (χ0n) is 14.8. The molecule has 0 amide bonds. The minimum Gasteiger partial charge on any atom is -0.369 e. The number of anilines is 1. The van der Waals surface area contributed by atoms with Gasteiger partial charge in [-0.2, -0.15) is 0 Å². The molecule has 0 N–H and O–H groups in total. The van der Waals surface area contributed by atoms with Crippen molar-refractivity contribution in [1.82, 2.24) is 4.90 Å². The van der Waals surface area contributed by atoms with E-state index >= 15 is 0 Å². The Morgan fingerprint density at radius 3 is 2.26 bits per heavy atom. The Morgan fingerprint density at radius 1 is 0.926 bits per heavy atom. The first kappa shape index (κ1) is 18.9. The molecule has 4 rings (SSSR count). The van der Waals surface area contributed by atoms with Crippen molar-refractivity contribution in [2.75, 3.05) is 42.6 Å². The molecule has 6 nitrogen and oxygen atoms in total. The van der Waals surface area contributed by atoms with E-state index in [2.05, 4.69) is 21.9 Å². The highest BCUT2D eigenvalue weighted by Crippen LogP contribution is 2.31. The van der Waals surface area contributed by atoms with Crippen molar-refractivity contribution in [1.29, 1.82) is 0 Å². The first-order chi connectivity index (χ1) is 12.9. The predicted molar refractivity (Wildman–Crippen MR) is 108 cm³/mol. The van der Waals surface area contributed by atoms with Gasteiger partial charge in [0.1, 0.15) is 4.21 Å². The molecule has 9 heteroatoms. The zero-order chi connectivity index (χ0) is 19.1. The summed E-state index contributed by atoms with van der Waals surface area (Å²) in [5.74, 6) is -0.357. The molecule has 0 unspecified atom stereocenters. The van der Waals surface area contributed by atoms with E-state index in [-0.39, 0.29) is 15.7 Å². The smallest absolute Gasteiger partial charge is 0.193 e. The first-order valence-corrected chi connectivity index (χ1v) is 13.1. The summed E-state index contributed by atoms with van der Waals surface area (Å²) in [7, 11) is -7.01.